The van der Waals surface area contributed by atoms with E-state index in [0.717, 1.165) is 43.7 Å². The minimum atomic E-state index is 0.0932. The summed E-state index contributed by atoms with van der Waals surface area (Å²) in [6.07, 6.45) is 1.22. The first-order chi connectivity index (χ1) is 9.31. The summed E-state index contributed by atoms with van der Waals surface area (Å²) in [5.74, 6) is 1.65. The molecule has 0 saturated carbocycles. The highest BCUT2D eigenvalue weighted by Crippen LogP contribution is 2.26. The zero-order chi connectivity index (χ0) is 13.1. The molecule has 1 aromatic carbocycles. The molecule has 2 aliphatic rings. The molecule has 2 N–H and O–H groups in total. The zero-order valence-electron chi connectivity index (χ0n) is 11.1. The molecule has 4 heteroatoms. The smallest absolute Gasteiger partial charge is 0.238 e. The van der Waals surface area contributed by atoms with E-state index in [1.54, 1.807) is 0 Å². The van der Waals surface area contributed by atoms with E-state index >= 15 is 0 Å². The number of carbonyl (C=O) groups is 1. The van der Waals surface area contributed by atoms with Crippen LogP contribution in [0.2, 0.25) is 0 Å². The van der Waals surface area contributed by atoms with Crippen molar-refractivity contribution in [3.63, 3.8) is 0 Å². The number of hydrogen-bond donors (Lipinski definition) is 2. The largest absolute Gasteiger partial charge is 0.325 e. The monoisotopic (exact) mass is 259 g/mol. The lowest BCUT2D eigenvalue weighted by molar-refractivity contribution is -0.117. The molecule has 1 amide bonds. The lowest BCUT2D eigenvalue weighted by Crippen LogP contribution is -2.43. The highest BCUT2D eigenvalue weighted by Gasteiger charge is 2.33. The Balaban J connectivity index is 1.50. The standard InChI is InChI=1S/C15H21N3O/c19-15(17-14-4-2-1-3-5-14)11-18-7-6-12-8-16-9-13(12)10-18/h1-5,12-13,16H,6-11H2,(H,17,19). The van der Waals surface area contributed by atoms with Crippen LogP contribution in [-0.2, 0) is 4.79 Å². The van der Waals surface area contributed by atoms with Crippen LogP contribution in [0.15, 0.2) is 30.3 Å². The maximum absolute atomic E-state index is 12.0. The molecular weight excluding hydrogens is 238 g/mol. The van der Waals surface area contributed by atoms with Crippen LogP contribution < -0.4 is 10.6 Å². The van der Waals surface area contributed by atoms with Gasteiger partial charge in [0.15, 0.2) is 0 Å². The molecule has 4 nitrogen and oxygen atoms in total. The second-order valence-corrected chi connectivity index (χ2v) is 5.62. The van der Waals surface area contributed by atoms with E-state index in [0.29, 0.717) is 6.54 Å². The summed E-state index contributed by atoms with van der Waals surface area (Å²) in [5.41, 5.74) is 0.880. The van der Waals surface area contributed by atoms with Crippen LogP contribution in [0.3, 0.4) is 0 Å². The normalized spacial score (nSPS) is 26.9. The summed E-state index contributed by atoms with van der Waals surface area (Å²) in [4.78, 5) is 14.3. The second-order valence-electron chi connectivity index (χ2n) is 5.62. The number of amides is 1. The Kier molecular flexibility index (Phi) is 3.80. The van der Waals surface area contributed by atoms with Gasteiger partial charge in [0.1, 0.15) is 0 Å². The van der Waals surface area contributed by atoms with Gasteiger partial charge >= 0.3 is 0 Å². The molecule has 0 aliphatic carbocycles. The van der Waals surface area contributed by atoms with Gasteiger partial charge in [-0.1, -0.05) is 18.2 Å². The molecule has 1 aromatic rings. The molecule has 3 rings (SSSR count). The van der Waals surface area contributed by atoms with Crippen LogP contribution in [0.1, 0.15) is 6.42 Å². The lowest BCUT2D eigenvalue weighted by atomic mass is 9.89. The average molecular weight is 259 g/mol. The molecular formula is C15H21N3O. The fraction of sp³-hybridized carbons (Fsp3) is 0.533. The number of likely N-dealkylation sites (tertiary alicyclic amines) is 1. The minimum absolute atomic E-state index is 0.0932. The van der Waals surface area contributed by atoms with Crippen LogP contribution >= 0.6 is 0 Å². The number of benzene rings is 1. The zero-order valence-corrected chi connectivity index (χ0v) is 11.1. The van der Waals surface area contributed by atoms with Gasteiger partial charge in [0.2, 0.25) is 5.91 Å². The van der Waals surface area contributed by atoms with Crippen LogP contribution in [0, 0.1) is 11.8 Å². The molecule has 0 aromatic heterocycles. The molecule has 2 aliphatic heterocycles. The molecule has 2 fully saturated rings. The Labute approximate surface area is 114 Å². The van der Waals surface area contributed by atoms with Crippen molar-refractivity contribution in [1.29, 1.82) is 0 Å². The molecule has 2 saturated heterocycles. The Bertz CT molecular complexity index is 434. The SMILES string of the molecule is O=C(CN1CCC2CNCC2C1)Nc1ccccc1. The summed E-state index contributed by atoms with van der Waals surface area (Å²) < 4.78 is 0. The van der Waals surface area contributed by atoms with Crippen molar-refractivity contribution in [2.75, 3.05) is 38.0 Å². The first kappa shape index (κ1) is 12.6. The van der Waals surface area contributed by atoms with E-state index < -0.39 is 0 Å². The van der Waals surface area contributed by atoms with Crippen molar-refractivity contribution in [2.45, 2.75) is 6.42 Å². The van der Waals surface area contributed by atoms with Crippen LogP contribution in [-0.4, -0.2) is 43.5 Å². The third kappa shape index (κ3) is 3.14. The molecule has 0 bridgehead atoms. The predicted molar refractivity (Wildman–Crippen MR) is 76.0 cm³/mol. The van der Waals surface area contributed by atoms with Gasteiger partial charge in [0.05, 0.1) is 6.54 Å². The van der Waals surface area contributed by atoms with Crippen molar-refractivity contribution in [1.82, 2.24) is 10.2 Å². The maximum Gasteiger partial charge on any atom is 0.238 e. The third-order valence-corrected chi connectivity index (χ3v) is 4.21. The molecule has 0 radical (unpaired) electrons. The number of piperidine rings is 1. The molecule has 2 unspecified atom stereocenters. The average Bonchev–Trinajstić information content (AvgIpc) is 2.87. The highest BCUT2D eigenvalue weighted by molar-refractivity contribution is 5.92. The number of rotatable bonds is 3. The molecule has 2 heterocycles. The Morgan fingerprint density at radius 2 is 2.05 bits per heavy atom. The van der Waals surface area contributed by atoms with Crippen molar-refractivity contribution < 1.29 is 4.79 Å². The number of anilines is 1. The van der Waals surface area contributed by atoms with Crippen LogP contribution in [0.25, 0.3) is 0 Å². The van der Waals surface area contributed by atoms with Crippen molar-refractivity contribution in [3.8, 4) is 0 Å². The number of carbonyl (C=O) groups excluding carboxylic acids is 1. The summed E-state index contributed by atoms with van der Waals surface area (Å²) in [5, 5.41) is 6.40. The maximum atomic E-state index is 12.0. The van der Waals surface area contributed by atoms with E-state index in [1.807, 2.05) is 30.3 Å². The minimum Gasteiger partial charge on any atom is -0.325 e. The van der Waals surface area contributed by atoms with Crippen molar-refractivity contribution >= 4 is 11.6 Å². The van der Waals surface area contributed by atoms with Gasteiger partial charge in [0, 0.05) is 12.2 Å². The van der Waals surface area contributed by atoms with E-state index in [4.69, 9.17) is 0 Å². The fourth-order valence-corrected chi connectivity index (χ4v) is 3.18. The van der Waals surface area contributed by atoms with Crippen LogP contribution in [0.5, 0.6) is 0 Å². The number of fused-ring (bicyclic) bond motifs is 1. The molecule has 2 atom stereocenters. The predicted octanol–water partition coefficient (Wildman–Crippen LogP) is 1.17. The van der Waals surface area contributed by atoms with Crippen molar-refractivity contribution in [3.05, 3.63) is 30.3 Å². The molecule has 0 spiro atoms. The number of para-hydroxylation sites is 1. The summed E-state index contributed by atoms with van der Waals surface area (Å²) in [6, 6.07) is 9.67. The topological polar surface area (TPSA) is 44.4 Å². The van der Waals surface area contributed by atoms with Crippen molar-refractivity contribution in [2.24, 2.45) is 11.8 Å². The molecule has 19 heavy (non-hydrogen) atoms. The van der Waals surface area contributed by atoms with Gasteiger partial charge in [-0.3, -0.25) is 9.69 Å². The van der Waals surface area contributed by atoms with Gasteiger partial charge in [0.25, 0.3) is 0 Å². The lowest BCUT2D eigenvalue weighted by Gasteiger charge is -2.33. The van der Waals surface area contributed by atoms with Gasteiger partial charge in [-0.05, 0) is 50.0 Å². The Morgan fingerprint density at radius 3 is 2.89 bits per heavy atom. The number of nitrogens with one attached hydrogen (secondary N) is 2. The first-order valence-corrected chi connectivity index (χ1v) is 7.09. The first-order valence-electron chi connectivity index (χ1n) is 7.09. The summed E-state index contributed by atoms with van der Waals surface area (Å²) >= 11 is 0. The number of nitrogens with zero attached hydrogens (tertiary/aromatic N) is 1. The quantitative estimate of drug-likeness (QED) is 0.856. The van der Waals surface area contributed by atoms with Crippen LogP contribution in [0.4, 0.5) is 5.69 Å². The Hall–Kier alpha value is -1.39. The van der Waals surface area contributed by atoms with E-state index in [9.17, 15) is 4.79 Å². The van der Waals surface area contributed by atoms with Gasteiger partial charge in [-0.15, -0.1) is 0 Å². The third-order valence-electron chi connectivity index (χ3n) is 4.21. The van der Waals surface area contributed by atoms with Gasteiger partial charge in [-0.25, -0.2) is 0 Å². The van der Waals surface area contributed by atoms with Gasteiger partial charge in [-0.2, -0.15) is 0 Å². The van der Waals surface area contributed by atoms with E-state index in [-0.39, 0.29) is 5.91 Å². The molecule has 102 valence electrons. The fourth-order valence-electron chi connectivity index (χ4n) is 3.18. The van der Waals surface area contributed by atoms with Gasteiger partial charge < -0.3 is 10.6 Å². The number of hydrogen-bond acceptors (Lipinski definition) is 3. The highest BCUT2D eigenvalue weighted by atomic mass is 16.2. The summed E-state index contributed by atoms with van der Waals surface area (Å²) in [7, 11) is 0. The van der Waals surface area contributed by atoms with E-state index in [2.05, 4.69) is 15.5 Å². The second kappa shape index (κ2) is 5.72. The Morgan fingerprint density at radius 1 is 1.26 bits per heavy atom. The summed E-state index contributed by atoms with van der Waals surface area (Å²) in [6.45, 7) is 4.89. The van der Waals surface area contributed by atoms with E-state index in [1.165, 1.54) is 6.42 Å².